The lowest BCUT2D eigenvalue weighted by Gasteiger charge is -2.11. The molecule has 3 nitrogen and oxygen atoms in total. The minimum absolute atomic E-state index is 0.224. The zero-order valence-electron chi connectivity index (χ0n) is 13.9. The summed E-state index contributed by atoms with van der Waals surface area (Å²) in [6, 6.07) is 12.4. The Kier molecular flexibility index (Phi) is 4.45. The monoisotopic (exact) mass is 386 g/mol. The van der Waals surface area contributed by atoms with Crippen LogP contribution in [0.4, 0.5) is 18.9 Å². The molecular weight excluding hydrogens is 373 g/mol. The van der Waals surface area contributed by atoms with Gasteiger partial charge in [-0.1, -0.05) is 12.1 Å². The van der Waals surface area contributed by atoms with Crippen LogP contribution >= 0.6 is 11.3 Å². The fraction of sp³-hybridized carbons (Fsp3) is 0.0500. The Hall–Kier alpha value is -3.06. The third kappa shape index (κ3) is 3.46. The molecule has 7 heteroatoms. The SMILES string of the molecule is O=C(Nc1cc(F)ccc1F)c1cc2sccc2n1Cc1ccc(F)cc1. The van der Waals surface area contributed by atoms with Gasteiger partial charge >= 0.3 is 0 Å². The highest BCUT2D eigenvalue weighted by Gasteiger charge is 2.18. The number of anilines is 1. The van der Waals surface area contributed by atoms with Crippen molar-refractivity contribution in [3.05, 3.63) is 88.7 Å². The maximum absolute atomic E-state index is 13.9. The summed E-state index contributed by atoms with van der Waals surface area (Å²) in [5, 5.41) is 4.33. The molecule has 0 aliphatic rings. The lowest BCUT2D eigenvalue weighted by molar-refractivity contribution is 0.101. The molecular formula is C20H13F3N2OS. The molecule has 0 bridgehead atoms. The Bertz CT molecular complexity index is 1130. The summed E-state index contributed by atoms with van der Waals surface area (Å²) in [4.78, 5) is 12.7. The number of hydrogen-bond donors (Lipinski definition) is 1. The molecule has 1 amide bonds. The van der Waals surface area contributed by atoms with Crippen LogP contribution in [0.3, 0.4) is 0 Å². The van der Waals surface area contributed by atoms with E-state index in [2.05, 4.69) is 5.32 Å². The molecule has 2 heterocycles. The summed E-state index contributed by atoms with van der Waals surface area (Å²) in [7, 11) is 0. The van der Waals surface area contributed by atoms with Crippen LogP contribution in [0.5, 0.6) is 0 Å². The second-order valence-electron chi connectivity index (χ2n) is 5.99. The van der Waals surface area contributed by atoms with Gasteiger partial charge in [0, 0.05) is 12.6 Å². The van der Waals surface area contributed by atoms with Crippen molar-refractivity contribution in [2.45, 2.75) is 6.54 Å². The molecule has 0 fully saturated rings. The van der Waals surface area contributed by atoms with Crippen LogP contribution in [0.1, 0.15) is 16.1 Å². The molecule has 0 aliphatic heterocycles. The van der Waals surface area contributed by atoms with E-state index in [0.717, 1.165) is 34.0 Å². The van der Waals surface area contributed by atoms with Crippen LogP contribution < -0.4 is 5.32 Å². The smallest absolute Gasteiger partial charge is 0.272 e. The molecule has 0 saturated heterocycles. The molecule has 0 saturated carbocycles. The van der Waals surface area contributed by atoms with E-state index in [1.165, 1.54) is 23.5 Å². The largest absolute Gasteiger partial charge is 0.331 e. The summed E-state index contributed by atoms with van der Waals surface area (Å²) >= 11 is 1.47. The molecule has 0 unspecified atom stereocenters. The van der Waals surface area contributed by atoms with E-state index < -0.39 is 17.5 Å². The van der Waals surface area contributed by atoms with Crippen molar-refractivity contribution in [2.75, 3.05) is 5.32 Å². The molecule has 0 atom stereocenters. The zero-order chi connectivity index (χ0) is 19.0. The van der Waals surface area contributed by atoms with Crippen LogP contribution in [-0.2, 0) is 6.54 Å². The maximum atomic E-state index is 13.9. The van der Waals surface area contributed by atoms with E-state index in [1.54, 1.807) is 22.8 Å². The number of benzene rings is 2. The standard InChI is InChI=1S/C20H13F3N2OS/c21-13-3-1-12(2-4-13)11-25-17-7-8-27-19(17)10-18(25)20(26)24-16-9-14(22)5-6-15(16)23/h1-10H,11H2,(H,24,26). The van der Waals surface area contributed by atoms with E-state index in [9.17, 15) is 18.0 Å². The first-order chi connectivity index (χ1) is 13.0. The predicted molar refractivity (Wildman–Crippen MR) is 99.6 cm³/mol. The van der Waals surface area contributed by atoms with Crippen molar-refractivity contribution in [1.82, 2.24) is 4.57 Å². The van der Waals surface area contributed by atoms with Crippen LogP contribution in [0, 0.1) is 17.5 Å². The molecule has 4 aromatic rings. The number of nitrogens with one attached hydrogen (secondary N) is 1. The number of thiophene rings is 1. The zero-order valence-corrected chi connectivity index (χ0v) is 14.7. The summed E-state index contributed by atoms with van der Waals surface area (Å²) in [6.45, 7) is 0.342. The molecule has 0 radical (unpaired) electrons. The van der Waals surface area contributed by atoms with Gasteiger partial charge in [0.1, 0.15) is 23.1 Å². The van der Waals surface area contributed by atoms with Gasteiger partial charge in [-0.25, -0.2) is 13.2 Å². The van der Waals surface area contributed by atoms with Crippen LogP contribution in [0.15, 0.2) is 60.0 Å². The van der Waals surface area contributed by atoms with Gasteiger partial charge in [0.05, 0.1) is 15.9 Å². The van der Waals surface area contributed by atoms with Gasteiger partial charge in [0.15, 0.2) is 0 Å². The van der Waals surface area contributed by atoms with Crippen LogP contribution in [0.2, 0.25) is 0 Å². The Morgan fingerprint density at radius 3 is 2.48 bits per heavy atom. The van der Waals surface area contributed by atoms with E-state index in [1.807, 2.05) is 11.4 Å². The summed E-state index contributed by atoms with van der Waals surface area (Å²) in [6.07, 6.45) is 0. The second-order valence-corrected chi connectivity index (χ2v) is 6.94. The highest BCUT2D eigenvalue weighted by molar-refractivity contribution is 7.17. The average molecular weight is 386 g/mol. The molecule has 136 valence electrons. The number of rotatable bonds is 4. The number of fused-ring (bicyclic) bond motifs is 1. The average Bonchev–Trinajstić information content (AvgIpc) is 3.22. The lowest BCUT2D eigenvalue weighted by Crippen LogP contribution is -2.18. The Morgan fingerprint density at radius 1 is 0.963 bits per heavy atom. The van der Waals surface area contributed by atoms with Crippen molar-refractivity contribution in [2.24, 2.45) is 0 Å². The summed E-state index contributed by atoms with van der Waals surface area (Å²) in [5.74, 6) is -2.26. The van der Waals surface area contributed by atoms with Gasteiger partial charge in [-0.2, -0.15) is 0 Å². The molecule has 2 aromatic carbocycles. The number of nitrogens with zero attached hydrogens (tertiary/aromatic N) is 1. The number of hydrogen-bond acceptors (Lipinski definition) is 2. The molecule has 1 N–H and O–H groups in total. The van der Waals surface area contributed by atoms with Gasteiger partial charge in [-0.3, -0.25) is 4.79 Å². The second kappa shape index (κ2) is 6.92. The number of amides is 1. The summed E-state index contributed by atoms with van der Waals surface area (Å²) in [5.41, 5.74) is 1.74. The first-order valence-corrected chi connectivity index (χ1v) is 8.97. The molecule has 0 spiro atoms. The highest BCUT2D eigenvalue weighted by atomic mass is 32.1. The first-order valence-electron chi connectivity index (χ1n) is 8.09. The Labute approximate surface area is 156 Å². The number of carbonyl (C=O) groups is 1. The minimum atomic E-state index is -0.719. The van der Waals surface area contributed by atoms with Crippen molar-refractivity contribution in [3.8, 4) is 0 Å². The lowest BCUT2D eigenvalue weighted by atomic mass is 10.2. The van der Waals surface area contributed by atoms with Crippen molar-refractivity contribution < 1.29 is 18.0 Å². The van der Waals surface area contributed by atoms with Gasteiger partial charge in [0.2, 0.25) is 0 Å². The fourth-order valence-electron chi connectivity index (χ4n) is 2.89. The molecule has 27 heavy (non-hydrogen) atoms. The maximum Gasteiger partial charge on any atom is 0.272 e. The first kappa shape index (κ1) is 17.4. The van der Waals surface area contributed by atoms with Crippen LogP contribution in [0.25, 0.3) is 10.2 Å². The van der Waals surface area contributed by atoms with Crippen molar-refractivity contribution >= 4 is 33.1 Å². The van der Waals surface area contributed by atoms with E-state index in [0.29, 0.717) is 12.2 Å². The number of halogens is 3. The number of carbonyl (C=O) groups excluding carboxylic acids is 1. The Morgan fingerprint density at radius 2 is 1.70 bits per heavy atom. The Balaban J connectivity index is 1.70. The van der Waals surface area contributed by atoms with E-state index >= 15 is 0 Å². The van der Waals surface area contributed by atoms with E-state index in [4.69, 9.17) is 0 Å². The number of aromatic nitrogens is 1. The third-order valence-electron chi connectivity index (χ3n) is 4.19. The summed E-state index contributed by atoms with van der Waals surface area (Å²) < 4.78 is 43.0. The van der Waals surface area contributed by atoms with Crippen molar-refractivity contribution in [3.63, 3.8) is 0 Å². The molecule has 2 aromatic heterocycles. The van der Waals surface area contributed by atoms with E-state index in [-0.39, 0.29) is 11.5 Å². The van der Waals surface area contributed by atoms with Gasteiger partial charge in [-0.05, 0) is 47.3 Å². The van der Waals surface area contributed by atoms with Crippen LogP contribution in [-0.4, -0.2) is 10.5 Å². The van der Waals surface area contributed by atoms with Crippen molar-refractivity contribution in [1.29, 1.82) is 0 Å². The third-order valence-corrected chi connectivity index (χ3v) is 5.04. The molecule has 4 rings (SSSR count). The van der Waals surface area contributed by atoms with Gasteiger partial charge in [0.25, 0.3) is 5.91 Å². The molecule has 0 aliphatic carbocycles. The fourth-order valence-corrected chi connectivity index (χ4v) is 3.71. The predicted octanol–water partition coefficient (Wildman–Crippen LogP) is 5.42. The quantitative estimate of drug-likeness (QED) is 0.499. The van der Waals surface area contributed by atoms with Gasteiger partial charge < -0.3 is 9.88 Å². The minimum Gasteiger partial charge on any atom is -0.331 e. The van der Waals surface area contributed by atoms with Gasteiger partial charge in [-0.15, -0.1) is 11.3 Å². The normalized spacial score (nSPS) is 11.1. The highest BCUT2D eigenvalue weighted by Crippen LogP contribution is 2.27. The topological polar surface area (TPSA) is 34.0 Å².